The standard InChI is InChI=1S/C5H9Cl2NO2/c1-3(2)4(5(9)10)8(6)7/h3-4H,1-2H3,(H,9,10)/t4-/m0/s1. The number of hydrogen-bond donors (Lipinski definition) is 1. The van der Waals surface area contributed by atoms with E-state index in [1.165, 1.54) is 0 Å². The van der Waals surface area contributed by atoms with Crippen molar-refractivity contribution in [1.29, 1.82) is 0 Å². The van der Waals surface area contributed by atoms with Crippen molar-refractivity contribution in [3.63, 3.8) is 0 Å². The minimum absolute atomic E-state index is 0.104. The molecule has 0 aliphatic carbocycles. The Bertz CT molecular complexity index is 119. The van der Waals surface area contributed by atoms with Gasteiger partial charge in [-0.05, 0) is 29.5 Å². The summed E-state index contributed by atoms with van der Waals surface area (Å²) in [6.45, 7) is 3.47. The molecule has 5 heteroatoms. The Morgan fingerprint density at radius 3 is 1.90 bits per heavy atom. The highest BCUT2D eigenvalue weighted by Gasteiger charge is 2.26. The molecule has 0 amide bonds. The summed E-state index contributed by atoms with van der Waals surface area (Å²) in [5.41, 5.74) is 0. The summed E-state index contributed by atoms with van der Waals surface area (Å²) >= 11 is 10.5. The van der Waals surface area contributed by atoms with E-state index in [0.717, 1.165) is 0 Å². The first-order valence-corrected chi connectivity index (χ1v) is 3.48. The Balaban J connectivity index is 4.12. The number of carboxylic acids is 1. The fraction of sp³-hybridized carbons (Fsp3) is 0.800. The van der Waals surface area contributed by atoms with Crippen molar-refractivity contribution >= 4 is 29.5 Å². The summed E-state index contributed by atoms with van der Waals surface area (Å²) < 4.78 is 0.660. The van der Waals surface area contributed by atoms with Crippen molar-refractivity contribution in [2.75, 3.05) is 0 Å². The van der Waals surface area contributed by atoms with Crippen molar-refractivity contribution < 1.29 is 9.90 Å². The lowest BCUT2D eigenvalue weighted by Crippen LogP contribution is -2.34. The average molecular weight is 186 g/mol. The molecule has 0 unspecified atom stereocenters. The number of hydrogen-bond acceptors (Lipinski definition) is 2. The second kappa shape index (κ2) is 4.01. The second-order valence-electron chi connectivity index (χ2n) is 2.29. The molecule has 0 aromatic heterocycles. The maximum Gasteiger partial charge on any atom is 0.323 e. The van der Waals surface area contributed by atoms with E-state index in [1.54, 1.807) is 13.8 Å². The largest absolute Gasteiger partial charge is 0.480 e. The molecule has 0 aromatic carbocycles. The van der Waals surface area contributed by atoms with Crippen molar-refractivity contribution in [1.82, 2.24) is 3.94 Å². The minimum atomic E-state index is -1.01. The zero-order valence-electron chi connectivity index (χ0n) is 5.71. The third-order valence-corrected chi connectivity index (χ3v) is 1.52. The molecule has 1 N–H and O–H groups in total. The van der Waals surface area contributed by atoms with E-state index in [9.17, 15) is 4.79 Å². The molecule has 0 fully saturated rings. The van der Waals surface area contributed by atoms with Crippen LogP contribution in [0.2, 0.25) is 0 Å². The zero-order valence-corrected chi connectivity index (χ0v) is 7.23. The van der Waals surface area contributed by atoms with Gasteiger partial charge in [0.25, 0.3) is 0 Å². The van der Waals surface area contributed by atoms with Crippen LogP contribution in [0.15, 0.2) is 0 Å². The van der Waals surface area contributed by atoms with Crippen LogP contribution >= 0.6 is 23.6 Å². The van der Waals surface area contributed by atoms with Crippen LogP contribution < -0.4 is 0 Å². The summed E-state index contributed by atoms with van der Waals surface area (Å²) in [5.74, 6) is -1.12. The summed E-state index contributed by atoms with van der Waals surface area (Å²) in [6.07, 6.45) is 0. The molecule has 0 heterocycles. The SMILES string of the molecule is CC(C)[C@@H](C(=O)O)N(Cl)Cl. The highest BCUT2D eigenvalue weighted by atomic mass is 35.5. The van der Waals surface area contributed by atoms with Crippen molar-refractivity contribution in [2.24, 2.45) is 5.92 Å². The monoisotopic (exact) mass is 185 g/mol. The molecule has 0 rings (SSSR count). The van der Waals surface area contributed by atoms with Crippen LogP contribution in [0.25, 0.3) is 0 Å². The van der Waals surface area contributed by atoms with Crippen molar-refractivity contribution in [3.8, 4) is 0 Å². The minimum Gasteiger partial charge on any atom is -0.480 e. The fourth-order valence-electron chi connectivity index (χ4n) is 0.594. The van der Waals surface area contributed by atoms with E-state index in [1.807, 2.05) is 0 Å². The van der Waals surface area contributed by atoms with Gasteiger partial charge in [0.1, 0.15) is 6.04 Å². The lowest BCUT2D eigenvalue weighted by Gasteiger charge is -2.17. The van der Waals surface area contributed by atoms with Gasteiger partial charge in [0, 0.05) is 0 Å². The predicted octanol–water partition coefficient (Wildman–Crippen LogP) is 1.71. The van der Waals surface area contributed by atoms with E-state index >= 15 is 0 Å². The van der Waals surface area contributed by atoms with Crippen LogP contribution in [-0.2, 0) is 4.79 Å². The van der Waals surface area contributed by atoms with E-state index in [4.69, 9.17) is 28.7 Å². The highest BCUT2D eigenvalue weighted by Crippen LogP contribution is 2.15. The predicted molar refractivity (Wildman–Crippen MR) is 39.8 cm³/mol. The first-order chi connectivity index (χ1) is 4.46. The molecule has 0 bridgehead atoms. The summed E-state index contributed by atoms with van der Waals surface area (Å²) in [5, 5.41) is 8.50. The van der Waals surface area contributed by atoms with Crippen LogP contribution in [0, 0.1) is 5.92 Å². The van der Waals surface area contributed by atoms with Crippen LogP contribution in [0.3, 0.4) is 0 Å². The van der Waals surface area contributed by atoms with Crippen LogP contribution in [0.1, 0.15) is 13.8 Å². The summed E-state index contributed by atoms with van der Waals surface area (Å²) in [6, 6.07) is -0.830. The molecule has 0 spiro atoms. The van der Waals surface area contributed by atoms with Crippen LogP contribution in [0.4, 0.5) is 0 Å². The van der Waals surface area contributed by atoms with Crippen LogP contribution in [0.5, 0.6) is 0 Å². The maximum atomic E-state index is 10.4. The summed E-state index contributed by atoms with van der Waals surface area (Å²) in [7, 11) is 0. The molecule has 0 aromatic rings. The van der Waals surface area contributed by atoms with Crippen molar-refractivity contribution in [2.45, 2.75) is 19.9 Å². The van der Waals surface area contributed by atoms with Crippen LogP contribution in [-0.4, -0.2) is 21.1 Å². The molecule has 60 valence electrons. The lowest BCUT2D eigenvalue weighted by atomic mass is 10.1. The van der Waals surface area contributed by atoms with Gasteiger partial charge in [-0.3, -0.25) is 4.79 Å². The molecule has 3 nitrogen and oxygen atoms in total. The average Bonchev–Trinajstić information content (AvgIpc) is 1.59. The first kappa shape index (κ1) is 10.0. The topological polar surface area (TPSA) is 40.5 Å². The Morgan fingerprint density at radius 2 is 1.90 bits per heavy atom. The van der Waals surface area contributed by atoms with Gasteiger partial charge in [-0.2, -0.15) is 0 Å². The molecule has 10 heavy (non-hydrogen) atoms. The van der Waals surface area contributed by atoms with Gasteiger partial charge in [0.15, 0.2) is 0 Å². The third-order valence-electron chi connectivity index (χ3n) is 1.09. The number of halogens is 2. The van der Waals surface area contributed by atoms with Gasteiger partial charge in [0.05, 0.1) is 0 Å². The Labute approximate surface area is 69.7 Å². The Morgan fingerprint density at radius 1 is 1.50 bits per heavy atom. The van der Waals surface area contributed by atoms with Gasteiger partial charge < -0.3 is 5.11 Å². The van der Waals surface area contributed by atoms with Gasteiger partial charge in [-0.25, -0.2) is 0 Å². The Kier molecular flexibility index (Phi) is 4.01. The quantitative estimate of drug-likeness (QED) is 0.682. The van der Waals surface area contributed by atoms with E-state index in [0.29, 0.717) is 3.94 Å². The molecule has 0 radical (unpaired) electrons. The molecular weight excluding hydrogens is 177 g/mol. The number of rotatable bonds is 3. The second-order valence-corrected chi connectivity index (χ2v) is 3.19. The molecule has 0 saturated heterocycles. The molecule has 0 saturated carbocycles. The third kappa shape index (κ3) is 2.73. The molecule has 0 aliphatic heterocycles. The zero-order chi connectivity index (χ0) is 8.31. The number of nitrogens with zero attached hydrogens (tertiary/aromatic N) is 1. The number of aliphatic carboxylic acids is 1. The number of carboxylic acid groups (broad SMARTS) is 1. The highest BCUT2D eigenvalue weighted by molar-refractivity contribution is 6.34. The van der Waals surface area contributed by atoms with E-state index in [2.05, 4.69) is 0 Å². The molecule has 1 atom stereocenters. The normalized spacial score (nSPS) is 14.2. The smallest absolute Gasteiger partial charge is 0.323 e. The van der Waals surface area contributed by atoms with Gasteiger partial charge in [-0.1, -0.05) is 13.8 Å². The number of carbonyl (C=O) groups is 1. The Hall–Kier alpha value is 0.01000. The van der Waals surface area contributed by atoms with Crippen molar-refractivity contribution in [3.05, 3.63) is 0 Å². The molecular formula is C5H9Cl2NO2. The van der Waals surface area contributed by atoms with E-state index in [-0.39, 0.29) is 5.92 Å². The summed E-state index contributed by atoms with van der Waals surface area (Å²) in [4.78, 5) is 10.4. The fourth-order valence-corrected chi connectivity index (χ4v) is 1.21. The van der Waals surface area contributed by atoms with Gasteiger partial charge in [0.2, 0.25) is 0 Å². The van der Waals surface area contributed by atoms with E-state index < -0.39 is 12.0 Å². The van der Waals surface area contributed by atoms with Gasteiger partial charge in [-0.15, -0.1) is 3.94 Å². The lowest BCUT2D eigenvalue weighted by molar-refractivity contribution is -0.141. The molecule has 0 aliphatic rings. The first-order valence-electron chi connectivity index (χ1n) is 2.80. The van der Waals surface area contributed by atoms with Gasteiger partial charge >= 0.3 is 5.97 Å². The maximum absolute atomic E-state index is 10.4.